The van der Waals surface area contributed by atoms with E-state index in [-0.39, 0.29) is 12.5 Å². The molecule has 0 aliphatic carbocycles. The van der Waals surface area contributed by atoms with Crippen LogP contribution < -0.4 is 5.32 Å². The fourth-order valence-corrected chi connectivity index (χ4v) is 1.84. The zero-order valence-corrected chi connectivity index (χ0v) is 10.8. The smallest absolute Gasteiger partial charge is 0.319 e. The molecule has 0 aromatic heterocycles. The van der Waals surface area contributed by atoms with Crippen LogP contribution >= 0.6 is 0 Å². The molecule has 1 aromatic carbocycles. The van der Waals surface area contributed by atoms with Crippen molar-refractivity contribution in [1.82, 2.24) is 5.32 Å². The van der Waals surface area contributed by atoms with Crippen LogP contribution in [-0.4, -0.2) is 26.2 Å². The number of hydrogen-bond donors (Lipinski definition) is 1. The second kappa shape index (κ2) is 7.07. The molecule has 17 heavy (non-hydrogen) atoms. The van der Waals surface area contributed by atoms with E-state index >= 15 is 0 Å². The number of benzene rings is 1. The lowest BCUT2D eigenvalue weighted by atomic mass is 9.88. The summed E-state index contributed by atoms with van der Waals surface area (Å²) in [5.41, 5.74) is 1.31. The van der Waals surface area contributed by atoms with Crippen molar-refractivity contribution < 1.29 is 9.53 Å². The molecule has 94 valence electrons. The van der Waals surface area contributed by atoms with Crippen molar-refractivity contribution in [1.29, 1.82) is 0 Å². The highest BCUT2D eigenvalue weighted by atomic mass is 16.5. The zero-order chi connectivity index (χ0) is 12.7. The summed E-state index contributed by atoms with van der Waals surface area (Å²) in [6.45, 7) is 5.44. The van der Waals surface area contributed by atoms with Crippen LogP contribution in [0, 0.1) is 5.92 Å². The fraction of sp³-hybridized carbons (Fsp3) is 0.500. The van der Waals surface area contributed by atoms with Gasteiger partial charge in [-0.3, -0.25) is 4.79 Å². The summed E-state index contributed by atoms with van der Waals surface area (Å²) < 4.78 is 4.60. The number of nitrogens with one attached hydrogen (secondary N) is 1. The van der Waals surface area contributed by atoms with Gasteiger partial charge in [0, 0.05) is 6.54 Å². The minimum absolute atomic E-state index is 0.222. The molecule has 0 spiro atoms. The Bertz CT molecular complexity index is 335. The molecule has 0 aliphatic heterocycles. The first-order chi connectivity index (χ1) is 8.15. The van der Waals surface area contributed by atoms with E-state index in [1.807, 2.05) is 18.2 Å². The lowest BCUT2D eigenvalue weighted by Gasteiger charge is -2.21. The molecular formula is C14H21NO2. The third-order valence-electron chi connectivity index (χ3n) is 2.89. The minimum Gasteiger partial charge on any atom is -0.468 e. The summed E-state index contributed by atoms with van der Waals surface area (Å²) in [5.74, 6) is 0.726. The Balaban J connectivity index is 2.53. The maximum absolute atomic E-state index is 11.0. The summed E-state index contributed by atoms with van der Waals surface area (Å²) >= 11 is 0. The lowest BCUT2D eigenvalue weighted by Crippen LogP contribution is -2.30. The van der Waals surface area contributed by atoms with E-state index in [1.54, 1.807) is 0 Å². The van der Waals surface area contributed by atoms with E-state index in [1.165, 1.54) is 12.7 Å². The van der Waals surface area contributed by atoms with Crippen LogP contribution in [0.15, 0.2) is 30.3 Å². The first kappa shape index (κ1) is 13.7. The average molecular weight is 235 g/mol. The summed E-state index contributed by atoms with van der Waals surface area (Å²) in [6, 6.07) is 10.4. The van der Waals surface area contributed by atoms with Gasteiger partial charge in [-0.1, -0.05) is 44.2 Å². The molecule has 0 fully saturated rings. The largest absolute Gasteiger partial charge is 0.468 e. The van der Waals surface area contributed by atoms with Gasteiger partial charge in [-0.2, -0.15) is 0 Å². The molecule has 0 saturated carbocycles. The number of carbonyl (C=O) groups excluding carboxylic acids is 1. The lowest BCUT2D eigenvalue weighted by molar-refractivity contribution is -0.139. The second-order valence-electron chi connectivity index (χ2n) is 4.47. The molecule has 0 radical (unpaired) electrons. The highest BCUT2D eigenvalue weighted by molar-refractivity contribution is 5.71. The summed E-state index contributed by atoms with van der Waals surface area (Å²) in [7, 11) is 1.40. The van der Waals surface area contributed by atoms with E-state index in [2.05, 4.69) is 36.0 Å². The van der Waals surface area contributed by atoms with Gasteiger partial charge >= 0.3 is 5.97 Å². The molecule has 1 unspecified atom stereocenters. The van der Waals surface area contributed by atoms with Gasteiger partial charge in [0.1, 0.15) is 0 Å². The second-order valence-corrected chi connectivity index (χ2v) is 4.47. The molecule has 1 aromatic rings. The number of rotatable bonds is 6. The van der Waals surface area contributed by atoms with Crippen LogP contribution in [0.1, 0.15) is 25.3 Å². The molecule has 1 N–H and O–H groups in total. The number of ether oxygens (including phenoxy) is 1. The predicted octanol–water partition coefficient (Wildman–Crippen LogP) is 2.19. The van der Waals surface area contributed by atoms with Gasteiger partial charge < -0.3 is 10.1 Å². The van der Waals surface area contributed by atoms with E-state index in [0.29, 0.717) is 11.8 Å². The van der Waals surface area contributed by atoms with E-state index in [4.69, 9.17) is 0 Å². The SMILES string of the molecule is COC(=O)CNCC(c1ccccc1)C(C)C. The maximum Gasteiger partial charge on any atom is 0.319 e. The Kier molecular flexibility index (Phi) is 5.70. The quantitative estimate of drug-likeness (QED) is 0.768. The molecule has 3 heteroatoms. The van der Waals surface area contributed by atoms with E-state index < -0.39 is 0 Å². The summed E-state index contributed by atoms with van der Waals surface area (Å²) in [4.78, 5) is 11.0. The molecule has 0 amide bonds. The van der Waals surface area contributed by atoms with Crippen LogP contribution in [-0.2, 0) is 9.53 Å². The molecule has 1 rings (SSSR count). The molecular weight excluding hydrogens is 214 g/mol. The van der Waals surface area contributed by atoms with Crippen LogP contribution in [0.2, 0.25) is 0 Å². The molecule has 0 heterocycles. The standard InChI is InChI=1S/C14H21NO2/c1-11(2)13(9-15-10-14(16)17-3)12-7-5-4-6-8-12/h4-8,11,13,15H,9-10H2,1-3H3. The Morgan fingerprint density at radius 1 is 1.29 bits per heavy atom. The van der Waals surface area contributed by atoms with Crippen molar-refractivity contribution in [2.24, 2.45) is 5.92 Å². The van der Waals surface area contributed by atoms with Gasteiger partial charge in [0.25, 0.3) is 0 Å². The van der Waals surface area contributed by atoms with E-state index in [9.17, 15) is 4.79 Å². The number of hydrogen-bond acceptors (Lipinski definition) is 3. The first-order valence-corrected chi connectivity index (χ1v) is 5.97. The number of esters is 1. The molecule has 1 atom stereocenters. The topological polar surface area (TPSA) is 38.3 Å². The monoisotopic (exact) mass is 235 g/mol. The number of methoxy groups -OCH3 is 1. The molecule has 0 bridgehead atoms. The predicted molar refractivity (Wildman–Crippen MR) is 68.9 cm³/mol. The average Bonchev–Trinajstić information content (AvgIpc) is 2.34. The number of carbonyl (C=O) groups is 1. The minimum atomic E-state index is -0.222. The van der Waals surface area contributed by atoms with Crippen molar-refractivity contribution in [2.45, 2.75) is 19.8 Å². The molecule has 3 nitrogen and oxygen atoms in total. The van der Waals surface area contributed by atoms with Gasteiger partial charge in [0.05, 0.1) is 13.7 Å². The van der Waals surface area contributed by atoms with Crippen LogP contribution in [0.3, 0.4) is 0 Å². The third-order valence-corrected chi connectivity index (χ3v) is 2.89. The maximum atomic E-state index is 11.0. The van der Waals surface area contributed by atoms with Crippen molar-refractivity contribution in [2.75, 3.05) is 20.2 Å². The fourth-order valence-electron chi connectivity index (χ4n) is 1.84. The van der Waals surface area contributed by atoms with Crippen LogP contribution in [0.25, 0.3) is 0 Å². The molecule has 0 aliphatic rings. The van der Waals surface area contributed by atoms with E-state index in [0.717, 1.165) is 6.54 Å². The summed E-state index contributed by atoms with van der Waals surface area (Å²) in [6.07, 6.45) is 0. The van der Waals surface area contributed by atoms with Gasteiger partial charge in [0.15, 0.2) is 0 Å². The van der Waals surface area contributed by atoms with Crippen LogP contribution in [0.5, 0.6) is 0 Å². The van der Waals surface area contributed by atoms with Crippen molar-refractivity contribution in [3.8, 4) is 0 Å². The normalized spacial score (nSPS) is 12.5. The van der Waals surface area contributed by atoms with Crippen molar-refractivity contribution in [3.05, 3.63) is 35.9 Å². The summed E-state index contributed by atoms with van der Waals surface area (Å²) in [5, 5.41) is 3.14. The Labute approximate surface area is 103 Å². The third kappa shape index (κ3) is 4.57. The zero-order valence-electron chi connectivity index (χ0n) is 10.8. The van der Waals surface area contributed by atoms with Crippen molar-refractivity contribution in [3.63, 3.8) is 0 Å². The first-order valence-electron chi connectivity index (χ1n) is 5.97. The van der Waals surface area contributed by atoms with Gasteiger partial charge in [-0.05, 0) is 17.4 Å². The van der Waals surface area contributed by atoms with Gasteiger partial charge in [0.2, 0.25) is 0 Å². The van der Waals surface area contributed by atoms with Crippen molar-refractivity contribution >= 4 is 5.97 Å². The highest BCUT2D eigenvalue weighted by Gasteiger charge is 2.15. The Morgan fingerprint density at radius 3 is 2.47 bits per heavy atom. The highest BCUT2D eigenvalue weighted by Crippen LogP contribution is 2.23. The molecule has 0 saturated heterocycles. The van der Waals surface area contributed by atoms with Gasteiger partial charge in [-0.15, -0.1) is 0 Å². The Hall–Kier alpha value is -1.35. The van der Waals surface area contributed by atoms with Crippen LogP contribution in [0.4, 0.5) is 0 Å². The van der Waals surface area contributed by atoms with Gasteiger partial charge in [-0.25, -0.2) is 0 Å². The Morgan fingerprint density at radius 2 is 1.94 bits per heavy atom.